The van der Waals surface area contributed by atoms with Crippen molar-refractivity contribution in [1.82, 2.24) is 0 Å². The van der Waals surface area contributed by atoms with Gasteiger partial charge in [0.15, 0.2) is 11.6 Å². The lowest BCUT2D eigenvalue weighted by Gasteiger charge is -2.24. The molecule has 0 saturated heterocycles. The molecule has 0 amide bonds. The second kappa shape index (κ2) is 4.14. The number of hydrogen-bond acceptors (Lipinski definition) is 2. The van der Waals surface area contributed by atoms with Crippen LogP contribution in [0.3, 0.4) is 0 Å². The Morgan fingerprint density at radius 2 is 1.80 bits per heavy atom. The third-order valence-corrected chi connectivity index (χ3v) is 2.37. The van der Waals surface area contributed by atoms with E-state index in [1.807, 2.05) is 0 Å². The van der Waals surface area contributed by atoms with E-state index in [1.165, 1.54) is 7.11 Å². The molecule has 1 aromatic carbocycles. The number of halogens is 2. The molecule has 0 aliphatic carbocycles. The lowest BCUT2D eigenvalue weighted by Crippen LogP contribution is -2.23. The fraction of sp³-hybridized carbons (Fsp3) is 0.455. The smallest absolute Gasteiger partial charge is 0.162 e. The molecule has 0 bridgehead atoms. The van der Waals surface area contributed by atoms with E-state index in [-0.39, 0.29) is 12.4 Å². The van der Waals surface area contributed by atoms with Crippen molar-refractivity contribution in [3.05, 3.63) is 29.3 Å². The third-order valence-electron chi connectivity index (χ3n) is 2.37. The van der Waals surface area contributed by atoms with E-state index in [0.29, 0.717) is 5.56 Å². The average Bonchev–Trinajstić information content (AvgIpc) is 2.21. The summed E-state index contributed by atoms with van der Waals surface area (Å²) in [6.45, 7) is 3.28. The summed E-state index contributed by atoms with van der Waals surface area (Å²) in [6.07, 6.45) is 0. The minimum absolute atomic E-state index is 0.172. The second-order valence-electron chi connectivity index (χ2n) is 4.01. The number of ether oxygens (including phenoxy) is 1. The molecule has 0 aromatic heterocycles. The molecular weight excluding hydrogens is 202 g/mol. The molecule has 0 spiro atoms. The van der Waals surface area contributed by atoms with Crippen LogP contribution in [-0.4, -0.2) is 18.8 Å². The van der Waals surface area contributed by atoms with E-state index < -0.39 is 17.0 Å². The lowest BCUT2D eigenvalue weighted by molar-refractivity contribution is 0.214. The van der Waals surface area contributed by atoms with Gasteiger partial charge in [-0.2, -0.15) is 0 Å². The molecule has 4 heteroatoms. The molecular formula is C11H14F2O2. The van der Waals surface area contributed by atoms with Crippen LogP contribution in [0.15, 0.2) is 12.1 Å². The Labute approximate surface area is 87.5 Å². The first kappa shape index (κ1) is 11.9. The largest absolute Gasteiger partial charge is 0.496 e. The normalized spacial score (nSPS) is 11.6. The van der Waals surface area contributed by atoms with Gasteiger partial charge in [-0.25, -0.2) is 8.78 Å². The maximum absolute atomic E-state index is 13.1. The molecule has 84 valence electrons. The quantitative estimate of drug-likeness (QED) is 0.839. The Balaban J connectivity index is 3.34. The van der Waals surface area contributed by atoms with E-state index in [9.17, 15) is 8.78 Å². The lowest BCUT2D eigenvalue weighted by atomic mass is 9.85. The van der Waals surface area contributed by atoms with Crippen molar-refractivity contribution in [1.29, 1.82) is 0 Å². The summed E-state index contributed by atoms with van der Waals surface area (Å²) in [6, 6.07) is 2.05. The standard InChI is InChI=1S/C11H14F2O2/c1-11(2,6-14)7-4-8(12)9(13)5-10(7)15-3/h4-5,14H,6H2,1-3H3. The number of aliphatic hydroxyl groups excluding tert-OH is 1. The summed E-state index contributed by atoms with van der Waals surface area (Å²) in [5.74, 6) is -1.65. The zero-order valence-electron chi connectivity index (χ0n) is 8.97. The zero-order chi connectivity index (χ0) is 11.6. The highest BCUT2D eigenvalue weighted by molar-refractivity contribution is 5.40. The van der Waals surface area contributed by atoms with Crippen LogP contribution in [0.1, 0.15) is 19.4 Å². The Morgan fingerprint density at radius 3 is 2.27 bits per heavy atom. The third kappa shape index (κ3) is 2.26. The number of methoxy groups -OCH3 is 1. The van der Waals surface area contributed by atoms with Crippen LogP contribution in [0.4, 0.5) is 8.78 Å². The maximum Gasteiger partial charge on any atom is 0.162 e. The number of hydrogen-bond donors (Lipinski definition) is 1. The van der Waals surface area contributed by atoms with Crippen molar-refractivity contribution < 1.29 is 18.6 Å². The van der Waals surface area contributed by atoms with Crippen LogP contribution in [0.2, 0.25) is 0 Å². The van der Waals surface area contributed by atoms with E-state index in [2.05, 4.69) is 0 Å². The van der Waals surface area contributed by atoms with Crippen LogP contribution in [0, 0.1) is 11.6 Å². The van der Waals surface area contributed by atoms with Gasteiger partial charge in [0, 0.05) is 17.0 Å². The zero-order valence-corrected chi connectivity index (χ0v) is 8.97. The molecule has 0 aliphatic heterocycles. The SMILES string of the molecule is COc1cc(F)c(F)cc1C(C)(C)CO. The van der Waals surface area contributed by atoms with Gasteiger partial charge < -0.3 is 9.84 Å². The Morgan fingerprint density at radius 1 is 1.27 bits per heavy atom. The van der Waals surface area contributed by atoms with Crippen molar-refractivity contribution in [2.75, 3.05) is 13.7 Å². The summed E-state index contributed by atoms with van der Waals surface area (Å²) in [7, 11) is 1.38. The fourth-order valence-electron chi connectivity index (χ4n) is 1.31. The van der Waals surface area contributed by atoms with Gasteiger partial charge in [0.1, 0.15) is 5.75 Å². The first-order chi connectivity index (χ1) is 6.92. The van der Waals surface area contributed by atoms with Crippen molar-refractivity contribution in [3.8, 4) is 5.75 Å². The summed E-state index contributed by atoms with van der Waals surface area (Å²) in [5, 5.41) is 9.16. The molecule has 2 nitrogen and oxygen atoms in total. The van der Waals surface area contributed by atoms with Crippen molar-refractivity contribution in [2.45, 2.75) is 19.3 Å². The number of rotatable bonds is 3. The van der Waals surface area contributed by atoms with Crippen molar-refractivity contribution >= 4 is 0 Å². The molecule has 0 atom stereocenters. The van der Waals surface area contributed by atoms with Gasteiger partial charge in [-0.1, -0.05) is 13.8 Å². The first-order valence-electron chi connectivity index (χ1n) is 4.56. The Bertz CT molecular complexity index is 362. The van der Waals surface area contributed by atoms with Crippen LogP contribution in [0.25, 0.3) is 0 Å². The van der Waals surface area contributed by atoms with E-state index in [1.54, 1.807) is 13.8 Å². The summed E-state index contributed by atoms with van der Waals surface area (Å²) < 4.78 is 30.9. The predicted octanol–water partition coefficient (Wildman–Crippen LogP) is 2.24. The highest BCUT2D eigenvalue weighted by Gasteiger charge is 2.25. The van der Waals surface area contributed by atoms with Crippen LogP contribution >= 0.6 is 0 Å². The summed E-state index contributed by atoms with van der Waals surface area (Å²) in [5.41, 5.74) is -0.216. The average molecular weight is 216 g/mol. The fourth-order valence-corrected chi connectivity index (χ4v) is 1.31. The summed E-state index contributed by atoms with van der Waals surface area (Å²) in [4.78, 5) is 0. The molecule has 15 heavy (non-hydrogen) atoms. The maximum atomic E-state index is 13.1. The Hall–Kier alpha value is -1.16. The first-order valence-corrected chi connectivity index (χ1v) is 4.56. The van der Waals surface area contributed by atoms with Gasteiger partial charge in [-0.15, -0.1) is 0 Å². The monoisotopic (exact) mass is 216 g/mol. The van der Waals surface area contributed by atoms with Gasteiger partial charge in [-0.3, -0.25) is 0 Å². The highest BCUT2D eigenvalue weighted by Crippen LogP contribution is 2.32. The van der Waals surface area contributed by atoms with Crippen molar-refractivity contribution in [3.63, 3.8) is 0 Å². The van der Waals surface area contributed by atoms with Gasteiger partial charge >= 0.3 is 0 Å². The topological polar surface area (TPSA) is 29.5 Å². The predicted molar refractivity (Wildman–Crippen MR) is 53.0 cm³/mol. The van der Waals surface area contributed by atoms with Gasteiger partial charge in [0.05, 0.1) is 13.7 Å². The minimum Gasteiger partial charge on any atom is -0.496 e. The molecule has 0 radical (unpaired) electrons. The van der Waals surface area contributed by atoms with Crippen molar-refractivity contribution in [2.24, 2.45) is 0 Å². The van der Waals surface area contributed by atoms with Crippen LogP contribution < -0.4 is 4.74 Å². The van der Waals surface area contributed by atoms with Gasteiger partial charge in [0.25, 0.3) is 0 Å². The molecule has 0 heterocycles. The Kier molecular flexibility index (Phi) is 3.29. The van der Waals surface area contributed by atoms with Crippen LogP contribution in [-0.2, 0) is 5.41 Å². The van der Waals surface area contributed by atoms with E-state index in [0.717, 1.165) is 12.1 Å². The number of aliphatic hydroxyl groups is 1. The number of benzene rings is 1. The van der Waals surface area contributed by atoms with E-state index >= 15 is 0 Å². The highest BCUT2D eigenvalue weighted by atomic mass is 19.2. The molecule has 0 aliphatic rings. The van der Waals surface area contributed by atoms with Gasteiger partial charge in [-0.05, 0) is 6.07 Å². The molecule has 0 fully saturated rings. The molecule has 1 rings (SSSR count). The van der Waals surface area contributed by atoms with Crippen LogP contribution in [0.5, 0.6) is 5.75 Å². The molecule has 0 saturated carbocycles. The minimum atomic E-state index is -0.954. The molecule has 1 aromatic rings. The molecule has 1 N–H and O–H groups in total. The van der Waals surface area contributed by atoms with E-state index in [4.69, 9.17) is 9.84 Å². The summed E-state index contributed by atoms with van der Waals surface area (Å²) >= 11 is 0. The van der Waals surface area contributed by atoms with Gasteiger partial charge in [0.2, 0.25) is 0 Å². The second-order valence-corrected chi connectivity index (χ2v) is 4.01. The molecule has 0 unspecified atom stereocenters.